The molecule has 2 fully saturated rings. The highest BCUT2D eigenvalue weighted by atomic mass is 16.5. The Morgan fingerprint density at radius 2 is 2.20 bits per heavy atom. The standard InChI is InChI=1S/C12H24N2O/c1-14(7-6-13-12-4-5-12)9-11-3-2-8-15-10-11/h11-13H,2-10H2,1H3. The van der Waals surface area contributed by atoms with E-state index in [9.17, 15) is 0 Å². The van der Waals surface area contributed by atoms with E-state index >= 15 is 0 Å². The summed E-state index contributed by atoms with van der Waals surface area (Å²) in [5, 5.41) is 3.55. The third-order valence-electron chi connectivity index (χ3n) is 3.33. The number of nitrogens with one attached hydrogen (secondary N) is 1. The molecule has 0 radical (unpaired) electrons. The lowest BCUT2D eigenvalue weighted by molar-refractivity contribution is 0.0422. The summed E-state index contributed by atoms with van der Waals surface area (Å²) < 4.78 is 5.49. The molecule has 0 bridgehead atoms. The fourth-order valence-corrected chi connectivity index (χ4v) is 2.23. The maximum absolute atomic E-state index is 5.49. The number of likely N-dealkylation sites (N-methyl/N-ethyl adjacent to an activating group) is 1. The van der Waals surface area contributed by atoms with Crippen molar-refractivity contribution in [1.82, 2.24) is 10.2 Å². The average Bonchev–Trinajstić information content (AvgIpc) is 3.03. The van der Waals surface area contributed by atoms with Gasteiger partial charge in [0.25, 0.3) is 0 Å². The summed E-state index contributed by atoms with van der Waals surface area (Å²) in [5.74, 6) is 0.768. The topological polar surface area (TPSA) is 24.5 Å². The van der Waals surface area contributed by atoms with E-state index in [-0.39, 0.29) is 0 Å². The van der Waals surface area contributed by atoms with Crippen LogP contribution in [0.2, 0.25) is 0 Å². The highest BCUT2D eigenvalue weighted by Crippen LogP contribution is 2.18. The summed E-state index contributed by atoms with van der Waals surface area (Å²) in [5.41, 5.74) is 0. The van der Waals surface area contributed by atoms with Gasteiger partial charge in [0.05, 0.1) is 6.61 Å². The lowest BCUT2D eigenvalue weighted by atomic mass is 10.0. The molecule has 1 heterocycles. The molecule has 1 atom stereocenters. The van der Waals surface area contributed by atoms with Crippen molar-refractivity contribution in [1.29, 1.82) is 0 Å². The molecular weight excluding hydrogens is 188 g/mol. The first-order valence-electron chi connectivity index (χ1n) is 6.34. The van der Waals surface area contributed by atoms with Crippen molar-refractivity contribution >= 4 is 0 Å². The van der Waals surface area contributed by atoms with E-state index in [1.807, 2.05) is 0 Å². The van der Waals surface area contributed by atoms with Crippen molar-refractivity contribution < 1.29 is 4.74 Å². The van der Waals surface area contributed by atoms with Gasteiger partial charge in [-0.05, 0) is 38.6 Å². The molecule has 2 aliphatic rings. The zero-order chi connectivity index (χ0) is 10.5. The van der Waals surface area contributed by atoms with Gasteiger partial charge in [0.2, 0.25) is 0 Å². The summed E-state index contributed by atoms with van der Waals surface area (Å²) in [6, 6.07) is 0.844. The Morgan fingerprint density at radius 1 is 1.33 bits per heavy atom. The minimum Gasteiger partial charge on any atom is -0.381 e. The number of ether oxygens (including phenoxy) is 1. The van der Waals surface area contributed by atoms with Crippen LogP contribution < -0.4 is 5.32 Å². The van der Waals surface area contributed by atoms with Crippen LogP contribution in [-0.2, 0) is 4.74 Å². The van der Waals surface area contributed by atoms with Crippen LogP contribution in [0.1, 0.15) is 25.7 Å². The van der Waals surface area contributed by atoms with Gasteiger partial charge in [0.1, 0.15) is 0 Å². The molecule has 0 spiro atoms. The Kier molecular flexibility index (Phi) is 4.42. The molecule has 3 nitrogen and oxygen atoms in total. The maximum atomic E-state index is 5.49. The first-order valence-corrected chi connectivity index (χ1v) is 6.34. The van der Waals surface area contributed by atoms with Gasteiger partial charge in [0.15, 0.2) is 0 Å². The van der Waals surface area contributed by atoms with E-state index in [1.54, 1.807) is 0 Å². The van der Waals surface area contributed by atoms with Gasteiger partial charge in [0, 0.05) is 32.3 Å². The smallest absolute Gasteiger partial charge is 0.0506 e. The van der Waals surface area contributed by atoms with Crippen molar-refractivity contribution in [2.24, 2.45) is 5.92 Å². The van der Waals surface area contributed by atoms with E-state index in [4.69, 9.17) is 4.74 Å². The first kappa shape index (κ1) is 11.4. The zero-order valence-corrected chi connectivity index (χ0v) is 9.87. The first-order chi connectivity index (χ1) is 7.34. The Balaban J connectivity index is 1.51. The highest BCUT2D eigenvalue weighted by Gasteiger charge is 2.20. The zero-order valence-electron chi connectivity index (χ0n) is 9.87. The molecule has 0 amide bonds. The summed E-state index contributed by atoms with van der Waals surface area (Å²) in [6.07, 6.45) is 5.37. The lowest BCUT2D eigenvalue weighted by Crippen LogP contribution is -2.35. The summed E-state index contributed by atoms with van der Waals surface area (Å²) in [4.78, 5) is 2.44. The highest BCUT2D eigenvalue weighted by molar-refractivity contribution is 4.81. The second-order valence-corrected chi connectivity index (χ2v) is 5.07. The Labute approximate surface area is 93.2 Å². The van der Waals surface area contributed by atoms with E-state index < -0.39 is 0 Å². The molecule has 3 heteroatoms. The predicted octanol–water partition coefficient (Wildman–Crippen LogP) is 1.10. The van der Waals surface area contributed by atoms with Gasteiger partial charge in [-0.3, -0.25) is 0 Å². The van der Waals surface area contributed by atoms with Crippen LogP contribution in [0.4, 0.5) is 0 Å². The minimum absolute atomic E-state index is 0.768. The lowest BCUT2D eigenvalue weighted by Gasteiger charge is -2.27. The fourth-order valence-electron chi connectivity index (χ4n) is 2.23. The van der Waals surface area contributed by atoms with Gasteiger partial charge >= 0.3 is 0 Å². The van der Waals surface area contributed by atoms with E-state index in [1.165, 1.54) is 38.8 Å². The van der Waals surface area contributed by atoms with E-state index in [2.05, 4.69) is 17.3 Å². The number of rotatable bonds is 6. The Bertz CT molecular complexity index is 176. The quantitative estimate of drug-likeness (QED) is 0.713. The van der Waals surface area contributed by atoms with Crippen LogP contribution in [-0.4, -0.2) is 50.8 Å². The molecular formula is C12H24N2O. The van der Waals surface area contributed by atoms with Gasteiger partial charge in [-0.25, -0.2) is 0 Å². The molecule has 2 rings (SSSR count). The molecule has 1 unspecified atom stereocenters. The van der Waals surface area contributed by atoms with Crippen LogP contribution in [0, 0.1) is 5.92 Å². The van der Waals surface area contributed by atoms with Gasteiger partial charge in [-0.1, -0.05) is 0 Å². The Hall–Kier alpha value is -0.120. The average molecular weight is 212 g/mol. The van der Waals surface area contributed by atoms with Gasteiger partial charge in [-0.15, -0.1) is 0 Å². The molecule has 88 valence electrons. The molecule has 15 heavy (non-hydrogen) atoms. The SMILES string of the molecule is CN(CCNC1CC1)CC1CCCOC1. The van der Waals surface area contributed by atoms with Crippen LogP contribution >= 0.6 is 0 Å². The molecule has 1 saturated carbocycles. The molecule has 1 saturated heterocycles. The Morgan fingerprint density at radius 3 is 2.87 bits per heavy atom. The van der Waals surface area contributed by atoms with Gasteiger partial charge in [-0.2, -0.15) is 0 Å². The van der Waals surface area contributed by atoms with E-state index in [0.717, 1.165) is 31.7 Å². The molecule has 1 aliphatic heterocycles. The summed E-state index contributed by atoms with van der Waals surface area (Å²) in [7, 11) is 2.23. The maximum Gasteiger partial charge on any atom is 0.0506 e. The normalized spacial score (nSPS) is 27.2. The second-order valence-electron chi connectivity index (χ2n) is 5.07. The predicted molar refractivity (Wildman–Crippen MR) is 62.1 cm³/mol. The van der Waals surface area contributed by atoms with Crippen LogP contribution in [0.15, 0.2) is 0 Å². The molecule has 0 aromatic heterocycles. The third kappa shape index (κ3) is 4.49. The van der Waals surface area contributed by atoms with Gasteiger partial charge < -0.3 is 15.0 Å². The third-order valence-corrected chi connectivity index (χ3v) is 3.33. The minimum atomic E-state index is 0.768. The van der Waals surface area contributed by atoms with Crippen molar-refractivity contribution in [3.05, 3.63) is 0 Å². The van der Waals surface area contributed by atoms with Crippen LogP contribution in [0.25, 0.3) is 0 Å². The van der Waals surface area contributed by atoms with Crippen molar-refractivity contribution in [3.63, 3.8) is 0 Å². The number of hydrogen-bond donors (Lipinski definition) is 1. The molecule has 1 aliphatic carbocycles. The van der Waals surface area contributed by atoms with Crippen molar-refractivity contribution in [2.75, 3.05) is 39.9 Å². The van der Waals surface area contributed by atoms with Crippen molar-refractivity contribution in [2.45, 2.75) is 31.7 Å². The fraction of sp³-hybridized carbons (Fsp3) is 1.00. The van der Waals surface area contributed by atoms with Crippen LogP contribution in [0.5, 0.6) is 0 Å². The van der Waals surface area contributed by atoms with Crippen LogP contribution in [0.3, 0.4) is 0 Å². The van der Waals surface area contributed by atoms with Crippen molar-refractivity contribution in [3.8, 4) is 0 Å². The largest absolute Gasteiger partial charge is 0.381 e. The summed E-state index contributed by atoms with van der Waals surface area (Å²) in [6.45, 7) is 5.47. The molecule has 0 aromatic carbocycles. The van der Waals surface area contributed by atoms with E-state index in [0.29, 0.717) is 0 Å². The molecule has 0 aromatic rings. The monoisotopic (exact) mass is 212 g/mol. The molecule has 1 N–H and O–H groups in total. The second kappa shape index (κ2) is 5.83. The summed E-state index contributed by atoms with van der Waals surface area (Å²) >= 11 is 0. The number of hydrogen-bond acceptors (Lipinski definition) is 3. The number of nitrogens with zero attached hydrogens (tertiary/aromatic N) is 1.